The summed E-state index contributed by atoms with van der Waals surface area (Å²) in [7, 11) is 0. The molecule has 148 valence electrons. The number of rotatable bonds is 10. The van der Waals surface area contributed by atoms with Crippen LogP contribution in [0.5, 0.6) is 0 Å². The van der Waals surface area contributed by atoms with E-state index >= 15 is 0 Å². The maximum absolute atomic E-state index is 13.1. The third-order valence-electron chi connectivity index (χ3n) is 4.63. The largest absolute Gasteiger partial charge is 0.351 e. The van der Waals surface area contributed by atoms with Crippen LogP contribution in [0.4, 0.5) is 0 Å². The average molecular weight is 373 g/mol. The van der Waals surface area contributed by atoms with Gasteiger partial charge in [0.05, 0.1) is 12.6 Å². The van der Waals surface area contributed by atoms with E-state index in [-0.39, 0.29) is 11.8 Å². The minimum absolute atomic E-state index is 0.0603. The summed E-state index contributed by atoms with van der Waals surface area (Å²) in [5.74, 6) is -0.0208. The highest BCUT2D eigenvalue weighted by Gasteiger charge is 2.27. The molecule has 0 spiro atoms. The Morgan fingerprint density at radius 1 is 1.04 bits per heavy atom. The molecule has 0 heterocycles. The summed E-state index contributed by atoms with van der Waals surface area (Å²) in [4.78, 5) is 14.8. The first kappa shape index (κ1) is 21.4. The summed E-state index contributed by atoms with van der Waals surface area (Å²) in [6.45, 7) is 9.63. The van der Waals surface area contributed by atoms with Crippen LogP contribution in [-0.2, 0) is 20.8 Å². The van der Waals surface area contributed by atoms with Crippen molar-refractivity contribution >= 4 is 16.7 Å². The Balaban J connectivity index is 2.31. The van der Waals surface area contributed by atoms with Crippen LogP contribution < -0.4 is 5.73 Å². The lowest BCUT2D eigenvalue weighted by molar-refractivity contribution is -0.161. The molecule has 0 radical (unpaired) electrons. The molecule has 2 N–H and O–H groups in total. The molecule has 0 aliphatic heterocycles. The van der Waals surface area contributed by atoms with Crippen LogP contribution in [0.15, 0.2) is 42.5 Å². The number of amides is 1. The number of ether oxygens (including phenoxy) is 2. The van der Waals surface area contributed by atoms with Crippen LogP contribution in [0.2, 0.25) is 0 Å². The number of carbonyl (C=O) groups excluding carboxylic acids is 1. The second-order valence-electron chi connectivity index (χ2n) is 6.97. The van der Waals surface area contributed by atoms with Gasteiger partial charge in [0.1, 0.15) is 0 Å². The van der Waals surface area contributed by atoms with E-state index in [1.807, 2.05) is 45.9 Å². The molecule has 0 saturated carbocycles. The number of nitrogens with zero attached hydrogens (tertiary/aromatic N) is 1. The summed E-state index contributed by atoms with van der Waals surface area (Å²) >= 11 is 0. The van der Waals surface area contributed by atoms with Crippen molar-refractivity contribution in [1.29, 1.82) is 0 Å². The van der Waals surface area contributed by atoms with Crippen molar-refractivity contribution in [2.75, 3.05) is 19.8 Å². The first-order valence-electron chi connectivity index (χ1n) is 9.72. The average Bonchev–Trinajstić information content (AvgIpc) is 2.66. The molecule has 0 aliphatic rings. The minimum Gasteiger partial charge on any atom is -0.351 e. The fourth-order valence-corrected chi connectivity index (χ4v) is 3.07. The van der Waals surface area contributed by atoms with Gasteiger partial charge >= 0.3 is 0 Å². The Morgan fingerprint density at radius 2 is 1.67 bits per heavy atom. The molecule has 0 aromatic heterocycles. The van der Waals surface area contributed by atoms with Gasteiger partial charge in [-0.05, 0) is 36.1 Å². The number of benzene rings is 2. The third kappa shape index (κ3) is 5.76. The standard InChI is InChI=1S/C22H32N2O3/c1-5-26-20(27-6-2)15-24(22(25)21(23)16(3)4)14-18-12-9-11-17-10-7-8-13-19(17)18/h7-13,16,20-21H,5-6,14-15,23H2,1-4H3/t21-/m0/s1. The van der Waals surface area contributed by atoms with Crippen molar-refractivity contribution in [2.45, 2.75) is 46.6 Å². The molecular formula is C22H32N2O3. The Kier molecular flexibility index (Phi) is 8.23. The van der Waals surface area contributed by atoms with Gasteiger partial charge in [-0.15, -0.1) is 0 Å². The Hall–Kier alpha value is -1.95. The molecule has 1 atom stereocenters. The summed E-state index contributed by atoms with van der Waals surface area (Å²) in [5.41, 5.74) is 7.27. The molecule has 0 saturated heterocycles. The first-order chi connectivity index (χ1) is 13.0. The Morgan fingerprint density at radius 3 is 2.30 bits per heavy atom. The van der Waals surface area contributed by atoms with Gasteiger partial charge in [0, 0.05) is 19.8 Å². The van der Waals surface area contributed by atoms with Gasteiger partial charge in [0.25, 0.3) is 0 Å². The molecule has 0 fully saturated rings. The fraction of sp³-hybridized carbons (Fsp3) is 0.500. The van der Waals surface area contributed by atoms with E-state index in [9.17, 15) is 4.79 Å². The lowest BCUT2D eigenvalue weighted by atomic mass is 10.0. The van der Waals surface area contributed by atoms with E-state index in [1.54, 1.807) is 4.90 Å². The number of hydrogen-bond donors (Lipinski definition) is 1. The van der Waals surface area contributed by atoms with E-state index in [0.29, 0.717) is 26.3 Å². The Labute approximate surface area is 162 Å². The first-order valence-corrected chi connectivity index (χ1v) is 9.72. The molecule has 2 aromatic rings. The monoisotopic (exact) mass is 372 g/mol. The van der Waals surface area contributed by atoms with Crippen LogP contribution in [0.25, 0.3) is 10.8 Å². The number of carbonyl (C=O) groups is 1. The molecule has 1 amide bonds. The van der Waals surface area contributed by atoms with E-state index in [0.717, 1.165) is 16.3 Å². The molecular weight excluding hydrogens is 340 g/mol. The second-order valence-corrected chi connectivity index (χ2v) is 6.97. The molecule has 5 heteroatoms. The smallest absolute Gasteiger partial charge is 0.240 e. The van der Waals surface area contributed by atoms with E-state index in [2.05, 4.69) is 24.3 Å². The Bertz CT molecular complexity index is 721. The SMILES string of the molecule is CCOC(CN(Cc1cccc2ccccc12)C(=O)[C@@H](N)C(C)C)OCC. The van der Waals surface area contributed by atoms with Gasteiger partial charge in [-0.2, -0.15) is 0 Å². The summed E-state index contributed by atoms with van der Waals surface area (Å²) in [5, 5.41) is 2.29. The van der Waals surface area contributed by atoms with Crippen LogP contribution >= 0.6 is 0 Å². The maximum atomic E-state index is 13.1. The van der Waals surface area contributed by atoms with Gasteiger partial charge in [-0.1, -0.05) is 56.3 Å². The van der Waals surface area contributed by atoms with Crippen LogP contribution in [0, 0.1) is 5.92 Å². The predicted octanol–water partition coefficient (Wildman–Crippen LogP) is 3.55. The lowest BCUT2D eigenvalue weighted by Gasteiger charge is -2.31. The topological polar surface area (TPSA) is 64.8 Å². The molecule has 0 bridgehead atoms. The number of nitrogens with two attached hydrogens (primary N) is 1. The van der Waals surface area contributed by atoms with Crippen molar-refractivity contribution in [2.24, 2.45) is 11.7 Å². The highest BCUT2D eigenvalue weighted by Crippen LogP contribution is 2.21. The summed E-state index contributed by atoms with van der Waals surface area (Å²) in [6.07, 6.45) is -0.460. The van der Waals surface area contributed by atoms with E-state index in [4.69, 9.17) is 15.2 Å². The molecule has 2 aromatic carbocycles. The van der Waals surface area contributed by atoms with E-state index in [1.165, 1.54) is 0 Å². The van der Waals surface area contributed by atoms with Gasteiger partial charge in [-0.3, -0.25) is 4.79 Å². The second kappa shape index (κ2) is 10.4. The van der Waals surface area contributed by atoms with Crippen molar-refractivity contribution < 1.29 is 14.3 Å². The molecule has 0 unspecified atom stereocenters. The predicted molar refractivity (Wildman–Crippen MR) is 109 cm³/mol. The minimum atomic E-state index is -0.552. The van der Waals surface area contributed by atoms with Gasteiger partial charge in [-0.25, -0.2) is 0 Å². The molecule has 5 nitrogen and oxygen atoms in total. The third-order valence-corrected chi connectivity index (χ3v) is 4.63. The number of fused-ring (bicyclic) bond motifs is 1. The zero-order valence-electron chi connectivity index (χ0n) is 16.9. The fourth-order valence-electron chi connectivity index (χ4n) is 3.07. The highest BCUT2D eigenvalue weighted by atomic mass is 16.7. The van der Waals surface area contributed by atoms with Gasteiger partial charge < -0.3 is 20.1 Å². The highest BCUT2D eigenvalue weighted by molar-refractivity contribution is 5.87. The van der Waals surface area contributed by atoms with Crippen molar-refractivity contribution in [1.82, 2.24) is 4.90 Å². The maximum Gasteiger partial charge on any atom is 0.240 e. The van der Waals surface area contributed by atoms with Crippen LogP contribution in [0.3, 0.4) is 0 Å². The van der Waals surface area contributed by atoms with Crippen molar-refractivity contribution in [3.05, 3.63) is 48.0 Å². The van der Waals surface area contributed by atoms with Crippen molar-refractivity contribution in [3.63, 3.8) is 0 Å². The summed E-state index contributed by atoms with van der Waals surface area (Å²) in [6, 6.07) is 13.8. The van der Waals surface area contributed by atoms with Crippen LogP contribution in [0.1, 0.15) is 33.3 Å². The van der Waals surface area contributed by atoms with Crippen LogP contribution in [-0.4, -0.2) is 42.9 Å². The zero-order chi connectivity index (χ0) is 19.8. The van der Waals surface area contributed by atoms with Gasteiger partial charge in [0.15, 0.2) is 6.29 Å². The molecule has 27 heavy (non-hydrogen) atoms. The van der Waals surface area contributed by atoms with E-state index < -0.39 is 12.3 Å². The molecule has 2 rings (SSSR count). The summed E-state index contributed by atoms with van der Waals surface area (Å²) < 4.78 is 11.3. The quantitative estimate of drug-likeness (QED) is 0.648. The number of hydrogen-bond acceptors (Lipinski definition) is 4. The van der Waals surface area contributed by atoms with Crippen molar-refractivity contribution in [3.8, 4) is 0 Å². The molecule has 0 aliphatic carbocycles. The zero-order valence-corrected chi connectivity index (χ0v) is 16.9. The normalized spacial score (nSPS) is 12.7. The van der Waals surface area contributed by atoms with Gasteiger partial charge in [0.2, 0.25) is 5.91 Å². The lowest BCUT2D eigenvalue weighted by Crippen LogP contribution is -2.49.